The number of nitrogens with zero attached hydrogens (tertiary/aromatic N) is 1. The third-order valence-corrected chi connectivity index (χ3v) is 3.87. The van der Waals surface area contributed by atoms with Gasteiger partial charge in [0.15, 0.2) is 0 Å². The topological polar surface area (TPSA) is 64.9 Å². The maximum atomic E-state index is 12.2. The van der Waals surface area contributed by atoms with Crippen LogP contribution in [0.3, 0.4) is 0 Å². The molecule has 0 aromatic heterocycles. The van der Waals surface area contributed by atoms with Crippen LogP contribution < -0.4 is 10.6 Å². The second-order valence-electron chi connectivity index (χ2n) is 5.23. The van der Waals surface area contributed by atoms with E-state index in [0.29, 0.717) is 23.7 Å². The molecule has 5 heteroatoms. The molecule has 0 aliphatic carbocycles. The van der Waals surface area contributed by atoms with Gasteiger partial charge in [0.1, 0.15) is 11.6 Å². The largest absolute Gasteiger partial charge is 0.389 e. The fourth-order valence-electron chi connectivity index (χ4n) is 2.13. The first kappa shape index (κ1) is 17.6. The highest BCUT2D eigenvalue weighted by molar-refractivity contribution is 6.31. The van der Waals surface area contributed by atoms with Gasteiger partial charge in [-0.2, -0.15) is 5.26 Å². The number of anilines is 1. The van der Waals surface area contributed by atoms with Crippen LogP contribution in [0.5, 0.6) is 0 Å². The molecule has 0 heterocycles. The van der Waals surface area contributed by atoms with E-state index in [4.69, 9.17) is 16.9 Å². The van der Waals surface area contributed by atoms with Crippen molar-refractivity contribution >= 4 is 23.2 Å². The number of carbonyl (C=O) groups is 1. The highest BCUT2D eigenvalue weighted by Gasteiger charge is 2.10. The van der Waals surface area contributed by atoms with Crippen molar-refractivity contribution in [1.29, 1.82) is 5.26 Å². The Morgan fingerprint density at radius 2 is 1.92 bits per heavy atom. The Hall–Kier alpha value is -2.77. The smallest absolute Gasteiger partial charge is 0.267 e. The molecule has 0 atom stereocenters. The number of amides is 1. The molecule has 2 aromatic carbocycles. The van der Waals surface area contributed by atoms with Crippen LogP contribution in [-0.4, -0.2) is 12.5 Å². The molecule has 2 N–H and O–H groups in total. The van der Waals surface area contributed by atoms with Gasteiger partial charge in [-0.3, -0.25) is 4.79 Å². The van der Waals surface area contributed by atoms with Crippen LogP contribution in [0.25, 0.3) is 0 Å². The maximum absolute atomic E-state index is 12.2. The van der Waals surface area contributed by atoms with Crippen LogP contribution >= 0.6 is 11.6 Å². The van der Waals surface area contributed by atoms with Gasteiger partial charge < -0.3 is 10.6 Å². The van der Waals surface area contributed by atoms with Crippen molar-refractivity contribution in [3.8, 4) is 6.07 Å². The summed E-state index contributed by atoms with van der Waals surface area (Å²) in [5.74, 6) is -0.433. The highest BCUT2D eigenvalue weighted by atomic mass is 35.5. The average molecular weight is 340 g/mol. The van der Waals surface area contributed by atoms with Crippen molar-refractivity contribution in [2.75, 3.05) is 11.9 Å². The number of rotatable bonds is 6. The minimum Gasteiger partial charge on any atom is -0.389 e. The van der Waals surface area contributed by atoms with E-state index in [9.17, 15) is 4.79 Å². The summed E-state index contributed by atoms with van der Waals surface area (Å²) < 4.78 is 0. The first-order valence-electron chi connectivity index (χ1n) is 7.56. The number of carbonyl (C=O) groups excluding carboxylic acids is 1. The van der Waals surface area contributed by atoms with Crippen LogP contribution in [-0.2, 0) is 11.2 Å². The van der Waals surface area contributed by atoms with E-state index in [2.05, 4.69) is 10.6 Å². The van der Waals surface area contributed by atoms with E-state index in [1.54, 1.807) is 6.07 Å². The van der Waals surface area contributed by atoms with E-state index in [0.717, 1.165) is 11.1 Å². The van der Waals surface area contributed by atoms with Crippen molar-refractivity contribution in [2.45, 2.75) is 13.3 Å². The number of para-hydroxylation sites is 1. The number of aryl methyl sites for hydroxylation is 1. The van der Waals surface area contributed by atoms with E-state index in [1.165, 1.54) is 6.20 Å². The van der Waals surface area contributed by atoms with Crippen molar-refractivity contribution in [1.82, 2.24) is 5.32 Å². The molecule has 1 amide bonds. The highest BCUT2D eigenvalue weighted by Crippen LogP contribution is 2.15. The monoisotopic (exact) mass is 339 g/mol. The molecule has 0 saturated carbocycles. The zero-order chi connectivity index (χ0) is 17.4. The summed E-state index contributed by atoms with van der Waals surface area (Å²) in [7, 11) is 0. The van der Waals surface area contributed by atoms with Crippen LogP contribution in [0, 0.1) is 18.3 Å². The van der Waals surface area contributed by atoms with Gasteiger partial charge >= 0.3 is 0 Å². The van der Waals surface area contributed by atoms with E-state index in [-0.39, 0.29) is 5.57 Å². The molecule has 122 valence electrons. The zero-order valence-electron chi connectivity index (χ0n) is 13.3. The third-order valence-electron chi connectivity index (χ3n) is 3.50. The van der Waals surface area contributed by atoms with Crippen LogP contribution in [0.2, 0.25) is 5.02 Å². The van der Waals surface area contributed by atoms with Gasteiger partial charge in [-0.05, 0) is 36.6 Å². The van der Waals surface area contributed by atoms with Crippen molar-refractivity contribution in [3.63, 3.8) is 0 Å². The molecule has 4 nitrogen and oxygen atoms in total. The SMILES string of the molecule is Cc1ccccc1NC(=O)/C(C#N)=C\NCCc1ccccc1Cl. The van der Waals surface area contributed by atoms with E-state index < -0.39 is 5.91 Å². The van der Waals surface area contributed by atoms with Crippen LogP contribution in [0.15, 0.2) is 60.3 Å². The Morgan fingerprint density at radius 1 is 1.21 bits per heavy atom. The summed E-state index contributed by atoms with van der Waals surface area (Å²) in [5, 5.41) is 15.6. The normalized spacial score (nSPS) is 10.8. The maximum Gasteiger partial charge on any atom is 0.267 e. The molecule has 2 rings (SSSR count). The molecular weight excluding hydrogens is 322 g/mol. The lowest BCUT2D eigenvalue weighted by Crippen LogP contribution is -2.18. The lowest BCUT2D eigenvalue weighted by Gasteiger charge is -2.08. The summed E-state index contributed by atoms with van der Waals surface area (Å²) in [6.45, 7) is 2.47. The Labute approximate surface area is 146 Å². The van der Waals surface area contributed by atoms with E-state index in [1.807, 2.05) is 55.5 Å². The Kier molecular flexibility index (Phi) is 6.41. The van der Waals surface area contributed by atoms with Gasteiger partial charge in [-0.25, -0.2) is 0 Å². The molecule has 0 saturated heterocycles. The first-order chi connectivity index (χ1) is 11.6. The lowest BCUT2D eigenvalue weighted by molar-refractivity contribution is -0.112. The summed E-state index contributed by atoms with van der Waals surface area (Å²) >= 11 is 6.09. The van der Waals surface area contributed by atoms with Gasteiger partial charge in [0.05, 0.1) is 0 Å². The molecule has 0 bridgehead atoms. The van der Waals surface area contributed by atoms with Crippen LogP contribution in [0.4, 0.5) is 5.69 Å². The molecule has 0 fully saturated rings. The Balaban J connectivity index is 1.92. The zero-order valence-corrected chi connectivity index (χ0v) is 14.1. The molecule has 0 aliphatic rings. The second kappa shape index (κ2) is 8.76. The molecule has 0 unspecified atom stereocenters. The number of halogens is 1. The minimum atomic E-state index is -0.433. The van der Waals surface area contributed by atoms with Crippen LogP contribution in [0.1, 0.15) is 11.1 Å². The minimum absolute atomic E-state index is 0.0254. The predicted molar refractivity (Wildman–Crippen MR) is 96.7 cm³/mol. The number of nitrogens with one attached hydrogen (secondary N) is 2. The quantitative estimate of drug-likeness (QED) is 0.477. The molecule has 0 spiro atoms. The standard InChI is InChI=1S/C19H18ClN3O/c1-14-6-2-5-9-18(14)23-19(24)16(12-21)13-22-11-10-15-7-3-4-8-17(15)20/h2-9,13,22H,10-11H2,1H3,(H,23,24)/b16-13-. The van der Waals surface area contributed by atoms with Crippen molar-refractivity contribution in [3.05, 3.63) is 76.5 Å². The van der Waals surface area contributed by atoms with Gasteiger partial charge in [0, 0.05) is 23.5 Å². The van der Waals surface area contributed by atoms with Gasteiger partial charge in [-0.1, -0.05) is 48.0 Å². The molecule has 0 aliphatic heterocycles. The van der Waals surface area contributed by atoms with Gasteiger partial charge in [-0.15, -0.1) is 0 Å². The third kappa shape index (κ3) is 4.87. The predicted octanol–water partition coefficient (Wildman–Crippen LogP) is 3.83. The van der Waals surface area contributed by atoms with Crippen molar-refractivity contribution in [2.24, 2.45) is 0 Å². The number of hydrogen-bond acceptors (Lipinski definition) is 3. The summed E-state index contributed by atoms with van der Waals surface area (Å²) in [5.41, 5.74) is 2.68. The van der Waals surface area contributed by atoms with Gasteiger partial charge in [0.25, 0.3) is 5.91 Å². The lowest BCUT2D eigenvalue weighted by atomic mass is 10.1. The summed E-state index contributed by atoms with van der Waals surface area (Å²) in [6, 6.07) is 16.9. The van der Waals surface area contributed by atoms with E-state index >= 15 is 0 Å². The van der Waals surface area contributed by atoms with Crippen molar-refractivity contribution < 1.29 is 4.79 Å². The molecule has 24 heavy (non-hydrogen) atoms. The first-order valence-corrected chi connectivity index (χ1v) is 7.93. The summed E-state index contributed by atoms with van der Waals surface area (Å²) in [6.07, 6.45) is 2.14. The Bertz CT molecular complexity index is 793. The number of nitriles is 1. The Morgan fingerprint density at radius 3 is 2.62 bits per heavy atom. The number of benzene rings is 2. The number of hydrogen-bond donors (Lipinski definition) is 2. The fourth-order valence-corrected chi connectivity index (χ4v) is 2.36. The molecular formula is C19H18ClN3O. The summed E-state index contributed by atoms with van der Waals surface area (Å²) in [4.78, 5) is 12.2. The average Bonchev–Trinajstić information content (AvgIpc) is 2.58. The van der Waals surface area contributed by atoms with Gasteiger partial charge in [0.2, 0.25) is 0 Å². The fraction of sp³-hybridized carbons (Fsp3) is 0.158. The molecule has 2 aromatic rings. The molecule has 0 radical (unpaired) electrons. The second-order valence-corrected chi connectivity index (χ2v) is 5.64.